The van der Waals surface area contributed by atoms with Crippen molar-refractivity contribution < 1.29 is 4.39 Å². The van der Waals surface area contributed by atoms with Crippen molar-refractivity contribution in [2.75, 3.05) is 11.1 Å². The summed E-state index contributed by atoms with van der Waals surface area (Å²) in [6.45, 7) is 1.80. The van der Waals surface area contributed by atoms with Gasteiger partial charge >= 0.3 is 0 Å². The molecule has 0 aliphatic carbocycles. The number of hydrogen-bond donors (Lipinski definition) is 2. The van der Waals surface area contributed by atoms with Gasteiger partial charge < -0.3 is 11.1 Å². The molecule has 0 amide bonds. The van der Waals surface area contributed by atoms with Gasteiger partial charge in [-0.05, 0) is 19.1 Å². The summed E-state index contributed by atoms with van der Waals surface area (Å²) >= 11 is 11.8. The van der Waals surface area contributed by atoms with Crippen LogP contribution in [0.2, 0.25) is 10.0 Å². The van der Waals surface area contributed by atoms with Crippen molar-refractivity contribution in [3.8, 4) is 0 Å². The quantitative estimate of drug-likeness (QED) is 0.886. The summed E-state index contributed by atoms with van der Waals surface area (Å²) in [6, 6.07) is 2.32. The molecule has 2 aromatic rings. The predicted molar refractivity (Wildman–Crippen MR) is 70.9 cm³/mol. The van der Waals surface area contributed by atoms with E-state index in [9.17, 15) is 4.39 Å². The van der Waals surface area contributed by atoms with Crippen LogP contribution >= 0.6 is 23.2 Å². The van der Waals surface area contributed by atoms with E-state index in [2.05, 4.69) is 15.3 Å². The van der Waals surface area contributed by atoms with Gasteiger partial charge in [-0.1, -0.05) is 23.2 Å². The molecule has 4 nitrogen and oxygen atoms in total. The SMILES string of the molecule is Cc1cnc(N)nc1Nc1c(Cl)cc(F)cc1Cl. The van der Waals surface area contributed by atoms with Crippen LogP contribution in [-0.4, -0.2) is 9.97 Å². The maximum absolute atomic E-state index is 13.0. The second kappa shape index (κ2) is 4.96. The van der Waals surface area contributed by atoms with Gasteiger partial charge in [0.15, 0.2) is 0 Å². The second-order valence-corrected chi connectivity index (χ2v) is 4.44. The fourth-order valence-electron chi connectivity index (χ4n) is 1.36. The lowest BCUT2D eigenvalue weighted by atomic mass is 10.3. The molecule has 0 saturated carbocycles. The molecule has 0 saturated heterocycles. The number of anilines is 3. The monoisotopic (exact) mass is 286 g/mol. The Morgan fingerprint density at radius 3 is 2.50 bits per heavy atom. The number of nitrogens with zero attached hydrogens (tertiary/aromatic N) is 2. The number of nitrogens with one attached hydrogen (secondary N) is 1. The van der Waals surface area contributed by atoms with Gasteiger partial charge in [0.05, 0.1) is 15.7 Å². The molecule has 0 radical (unpaired) electrons. The van der Waals surface area contributed by atoms with Crippen LogP contribution in [0.4, 0.5) is 21.8 Å². The first-order valence-electron chi connectivity index (χ1n) is 4.98. The van der Waals surface area contributed by atoms with E-state index in [4.69, 9.17) is 28.9 Å². The lowest BCUT2D eigenvalue weighted by molar-refractivity contribution is 0.628. The van der Waals surface area contributed by atoms with Crippen molar-refractivity contribution in [2.45, 2.75) is 6.92 Å². The zero-order valence-corrected chi connectivity index (χ0v) is 10.8. The maximum Gasteiger partial charge on any atom is 0.221 e. The zero-order valence-electron chi connectivity index (χ0n) is 9.34. The summed E-state index contributed by atoms with van der Waals surface area (Å²) in [7, 11) is 0. The van der Waals surface area contributed by atoms with Crippen LogP contribution in [0, 0.1) is 12.7 Å². The lowest BCUT2D eigenvalue weighted by Gasteiger charge is -2.11. The lowest BCUT2D eigenvalue weighted by Crippen LogP contribution is -2.02. The largest absolute Gasteiger partial charge is 0.368 e. The number of nitrogen functional groups attached to an aromatic ring is 1. The normalized spacial score (nSPS) is 10.4. The minimum absolute atomic E-state index is 0.123. The predicted octanol–water partition coefficient (Wildman–Crippen LogP) is 3.56. The van der Waals surface area contributed by atoms with Crippen LogP contribution in [0.1, 0.15) is 5.56 Å². The summed E-state index contributed by atoms with van der Waals surface area (Å²) < 4.78 is 13.0. The van der Waals surface area contributed by atoms with E-state index in [1.165, 1.54) is 0 Å². The molecule has 0 unspecified atom stereocenters. The molecule has 0 fully saturated rings. The molecule has 94 valence electrons. The average Bonchev–Trinajstić information content (AvgIpc) is 2.28. The number of rotatable bonds is 2. The van der Waals surface area contributed by atoms with Crippen LogP contribution in [0.5, 0.6) is 0 Å². The topological polar surface area (TPSA) is 63.8 Å². The van der Waals surface area contributed by atoms with E-state index >= 15 is 0 Å². The van der Waals surface area contributed by atoms with Gasteiger partial charge in [-0.25, -0.2) is 9.37 Å². The number of aryl methyl sites for hydroxylation is 1. The van der Waals surface area contributed by atoms with Gasteiger partial charge in [-0.3, -0.25) is 0 Å². The number of halogens is 3. The molecular weight excluding hydrogens is 278 g/mol. The highest BCUT2D eigenvalue weighted by Crippen LogP contribution is 2.33. The molecule has 2 rings (SSSR count). The Morgan fingerprint density at radius 2 is 1.89 bits per heavy atom. The smallest absolute Gasteiger partial charge is 0.221 e. The number of nitrogens with two attached hydrogens (primary N) is 1. The van der Waals surface area contributed by atoms with Gasteiger partial charge in [0.2, 0.25) is 5.95 Å². The van der Waals surface area contributed by atoms with Gasteiger partial charge in [-0.15, -0.1) is 0 Å². The third kappa shape index (κ3) is 2.63. The number of aromatic nitrogens is 2. The minimum atomic E-state index is -0.505. The molecule has 0 aliphatic heterocycles. The summed E-state index contributed by atoms with van der Waals surface area (Å²) in [5.74, 6) is 0.0878. The first-order chi connectivity index (χ1) is 8.47. The molecule has 7 heteroatoms. The second-order valence-electron chi connectivity index (χ2n) is 3.63. The third-order valence-corrected chi connectivity index (χ3v) is 2.84. The fourth-order valence-corrected chi connectivity index (χ4v) is 1.92. The van der Waals surface area contributed by atoms with E-state index in [1.54, 1.807) is 13.1 Å². The standard InChI is InChI=1S/C11H9Cl2FN4/c1-5-4-16-11(15)18-10(5)17-9-7(12)2-6(14)3-8(9)13/h2-4H,1H3,(H3,15,16,17,18). The summed E-state index contributed by atoms with van der Waals surface area (Å²) in [4.78, 5) is 7.86. The van der Waals surface area contributed by atoms with Gasteiger partial charge in [-0.2, -0.15) is 4.98 Å². The molecule has 3 N–H and O–H groups in total. The Balaban J connectivity index is 2.43. The maximum atomic E-state index is 13.0. The molecule has 0 bridgehead atoms. The Bertz CT molecular complexity index is 581. The molecular formula is C11H9Cl2FN4. The van der Waals surface area contributed by atoms with Crippen LogP contribution in [0.25, 0.3) is 0 Å². The van der Waals surface area contributed by atoms with Gasteiger partial charge in [0, 0.05) is 11.8 Å². The van der Waals surface area contributed by atoms with Gasteiger partial charge in [0.1, 0.15) is 11.6 Å². The highest BCUT2D eigenvalue weighted by molar-refractivity contribution is 6.39. The van der Waals surface area contributed by atoms with Crippen LogP contribution < -0.4 is 11.1 Å². The van der Waals surface area contributed by atoms with Crippen LogP contribution in [-0.2, 0) is 0 Å². The van der Waals surface area contributed by atoms with Crippen molar-refractivity contribution in [1.29, 1.82) is 0 Å². The minimum Gasteiger partial charge on any atom is -0.368 e. The van der Waals surface area contributed by atoms with Crippen molar-refractivity contribution in [2.24, 2.45) is 0 Å². The van der Waals surface area contributed by atoms with Gasteiger partial charge in [0.25, 0.3) is 0 Å². The van der Waals surface area contributed by atoms with E-state index in [1.807, 2.05) is 0 Å². The van der Waals surface area contributed by atoms with Crippen molar-refractivity contribution in [1.82, 2.24) is 9.97 Å². The molecule has 0 atom stereocenters. The van der Waals surface area contributed by atoms with E-state index in [0.29, 0.717) is 11.5 Å². The zero-order chi connectivity index (χ0) is 13.3. The van der Waals surface area contributed by atoms with Crippen molar-refractivity contribution in [3.05, 3.63) is 39.8 Å². The Morgan fingerprint density at radius 1 is 1.28 bits per heavy atom. The van der Waals surface area contributed by atoms with E-state index in [0.717, 1.165) is 17.7 Å². The van der Waals surface area contributed by atoms with E-state index < -0.39 is 5.82 Å². The molecule has 1 aromatic heterocycles. The number of benzene rings is 1. The first-order valence-corrected chi connectivity index (χ1v) is 5.73. The average molecular weight is 287 g/mol. The first kappa shape index (κ1) is 12.9. The highest BCUT2D eigenvalue weighted by Gasteiger charge is 2.11. The summed E-state index contributed by atoms with van der Waals surface area (Å²) in [5, 5.41) is 3.24. The molecule has 0 spiro atoms. The fraction of sp³-hybridized carbons (Fsp3) is 0.0909. The van der Waals surface area contributed by atoms with Crippen molar-refractivity contribution >= 4 is 40.7 Å². The Labute approximate surface area is 113 Å². The van der Waals surface area contributed by atoms with Crippen molar-refractivity contribution in [3.63, 3.8) is 0 Å². The van der Waals surface area contributed by atoms with E-state index in [-0.39, 0.29) is 16.0 Å². The molecule has 1 aromatic carbocycles. The van der Waals surface area contributed by atoms with Crippen LogP contribution in [0.15, 0.2) is 18.3 Å². The molecule has 1 heterocycles. The summed E-state index contributed by atoms with van der Waals surface area (Å²) in [5.41, 5.74) is 6.63. The van der Waals surface area contributed by atoms with Crippen LogP contribution in [0.3, 0.4) is 0 Å². The molecule has 0 aliphatic rings. The Hall–Kier alpha value is -1.59. The summed E-state index contributed by atoms with van der Waals surface area (Å²) in [6.07, 6.45) is 1.57. The molecule has 18 heavy (non-hydrogen) atoms. The number of hydrogen-bond acceptors (Lipinski definition) is 4. The Kier molecular flexibility index (Phi) is 3.54. The highest BCUT2D eigenvalue weighted by atomic mass is 35.5. The third-order valence-electron chi connectivity index (χ3n) is 2.24.